The molecule has 9 heavy (non-hydrogen) atoms. The molecule has 0 aromatic carbocycles. The summed E-state index contributed by atoms with van der Waals surface area (Å²) in [6, 6.07) is 0. The summed E-state index contributed by atoms with van der Waals surface area (Å²) in [7, 11) is -2.01. The lowest BCUT2D eigenvalue weighted by Crippen LogP contribution is -2.37. The van der Waals surface area contributed by atoms with Crippen molar-refractivity contribution >= 4 is 10.5 Å². The van der Waals surface area contributed by atoms with Crippen molar-refractivity contribution in [3.05, 3.63) is 0 Å². The van der Waals surface area contributed by atoms with Gasteiger partial charge < -0.3 is 5.32 Å². The van der Waals surface area contributed by atoms with Gasteiger partial charge in [-0.25, -0.2) is 0 Å². The molecule has 0 aromatic rings. The predicted octanol–water partition coefficient (Wildman–Crippen LogP) is -1.34. The lowest BCUT2D eigenvalue weighted by atomic mass is 10.4. The van der Waals surface area contributed by atoms with E-state index in [1.54, 1.807) is 0 Å². The summed E-state index contributed by atoms with van der Waals surface area (Å²) in [6.45, 7) is 2.76. The summed E-state index contributed by atoms with van der Waals surface area (Å²) in [4.78, 5) is 0. The summed E-state index contributed by atoms with van der Waals surface area (Å²) in [6.07, 6.45) is 0. The van der Waals surface area contributed by atoms with Gasteiger partial charge in [0.05, 0.1) is 13.1 Å². The molecule has 1 rings (SSSR count). The Bertz CT molecular complexity index is 203. The zero-order valence-electron chi connectivity index (χ0n) is 5.00. The summed E-state index contributed by atoms with van der Waals surface area (Å²) in [5, 5.41) is 3.05. The molecule has 0 aromatic heterocycles. The zero-order valence-corrected chi connectivity index (χ0v) is 5.82. The average molecular weight is 149 g/mol. The van der Waals surface area contributed by atoms with Crippen LogP contribution in [-0.2, 0) is 10.5 Å². The molecule has 0 aliphatic carbocycles. The minimum absolute atomic E-state index is 0.607. The van der Waals surface area contributed by atoms with Gasteiger partial charge in [0.2, 0.25) is 0 Å². The monoisotopic (exact) mass is 149 g/mol. The van der Waals surface area contributed by atoms with Gasteiger partial charge in [0, 0.05) is 0 Å². The first kappa shape index (κ1) is 6.70. The number of nitrogens with zero attached hydrogens (tertiary/aromatic N) is 1. The summed E-state index contributed by atoms with van der Waals surface area (Å²) < 4.78 is 21.9. The molecule has 1 aliphatic rings. The van der Waals surface area contributed by atoms with Gasteiger partial charge in [-0.1, -0.05) is 0 Å². The highest BCUT2D eigenvalue weighted by molar-refractivity contribution is 7.58. The first-order valence-electron chi connectivity index (χ1n) is 2.86. The van der Waals surface area contributed by atoms with Crippen LogP contribution in [-0.4, -0.2) is 38.5 Å². The van der Waals surface area contributed by atoms with Crippen LogP contribution < -0.4 is 5.32 Å². The standard InChI is InChI=1S/C4H9N2O2S/c7-9(8)6-3-1-5-2-4-6/h5H,1-4H2/q+1. The zero-order chi connectivity index (χ0) is 6.69. The normalized spacial score (nSPS) is 19.8. The fourth-order valence-corrected chi connectivity index (χ4v) is 1.27. The second kappa shape index (κ2) is 2.93. The topological polar surface area (TPSA) is 49.2 Å². The molecule has 4 nitrogen and oxygen atoms in total. The minimum atomic E-state index is -2.01. The highest BCUT2D eigenvalue weighted by Gasteiger charge is 2.11. The van der Waals surface area contributed by atoms with Gasteiger partial charge in [-0.05, 0) is 0 Å². The van der Waals surface area contributed by atoms with E-state index in [4.69, 9.17) is 0 Å². The summed E-state index contributed by atoms with van der Waals surface area (Å²) in [5.41, 5.74) is 0. The van der Waals surface area contributed by atoms with Gasteiger partial charge in [-0.3, -0.25) is 0 Å². The van der Waals surface area contributed by atoms with Crippen LogP contribution in [0.1, 0.15) is 0 Å². The maximum atomic E-state index is 10.3. The molecule has 1 fully saturated rings. The number of nitrogens with one attached hydrogen (secondary N) is 1. The predicted molar refractivity (Wildman–Crippen MR) is 31.8 cm³/mol. The van der Waals surface area contributed by atoms with E-state index < -0.39 is 10.5 Å². The first-order chi connectivity index (χ1) is 4.30. The lowest BCUT2D eigenvalue weighted by molar-refractivity contribution is -0.508. The third-order valence-corrected chi connectivity index (χ3v) is 2.07. The molecule has 5 heteroatoms. The molecule has 0 spiro atoms. The third kappa shape index (κ3) is 1.76. The number of rotatable bonds is 0. The number of hydrogen-bond acceptors (Lipinski definition) is 3. The van der Waals surface area contributed by atoms with E-state index in [0.717, 1.165) is 13.1 Å². The molecule has 0 radical (unpaired) electrons. The van der Waals surface area contributed by atoms with Crippen molar-refractivity contribution < 1.29 is 12.4 Å². The van der Waals surface area contributed by atoms with Crippen LogP contribution in [0.15, 0.2) is 0 Å². The average Bonchev–Trinajstić information content (AvgIpc) is 1.90. The van der Waals surface area contributed by atoms with Crippen LogP contribution in [0.5, 0.6) is 0 Å². The maximum Gasteiger partial charge on any atom is 0.458 e. The molecule has 0 bridgehead atoms. The van der Waals surface area contributed by atoms with E-state index >= 15 is 0 Å². The Hall–Kier alpha value is -0.420. The van der Waals surface area contributed by atoms with E-state index in [1.165, 1.54) is 3.95 Å². The molecular weight excluding hydrogens is 140 g/mol. The molecule has 1 aliphatic heterocycles. The number of hydrogen-bond donors (Lipinski definition) is 1. The van der Waals surface area contributed by atoms with Gasteiger partial charge in [0.1, 0.15) is 0 Å². The van der Waals surface area contributed by atoms with Crippen molar-refractivity contribution in [3.63, 3.8) is 0 Å². The van der Waals surface area contributed by atoms with E-state index in [9.17, 15) is 8.42 Å². The lowest BCUT2D eigenvalue weighted by Gasteiger charge is -2.05. The van der Waals surface area contributed by atoms with Crippen LogP contribution >= 0.6 is 0 Å². The highest BCUT2D eigenvalue weighted by Crippen LogP contribution is 1.79. The van der Waals surface area contributed by atoms with Gasteiger partial charge >= 0.3 is 10.5 Å². The molecule has 1 heterocycles. The van der Waals surface area contributed by atoms with Gasteiger partial charge in [0.25, 0.3) is 0 Å². The second-order valence-corrected chi connectivity index (χ2v) is 2.85. The number of piperazine rings is 1. The van der Waals surface area contributed by atoms with E-state index in [-0.39, 0.29) is 0 Å². The largest absolute Gasteiger partial charge is 0.458 e. The molecule has 0 amide bonds. The molecule has 52 valence electrons. The van der Waals surface area contributed by atoms with Crippen molar-refractivity contribution in [2.75, 3.05) is 26.2 Å². The Morgan fingerprint density at radius 3 is 2.11 bits per heavy atom. The van der Waals surface area contributed by atoms with E-state index in [1.807, 2.05) is 0 Å². The fraction of sp³-hybridized carbons (Fsp3) is 1.00. The van der Waals surface area contributed by atoms with Gasteiger partial charge in [0.15, 0.2) is 13.1 Å². The van der Waals surface area contributed by atoms with Crippen molar-refractivity contribution in [1.29, 1.82) is 0 Å². The van der Waals surface area contributed by atoms with Crippen LogP contribution in [0.25, 0.3) is 0 Å². The van der Waals surface area contributed by atoms with Crippen molar-refractivity contribution in [1.82, 2.24) is 5.32 Å². The Morgan fingerprint density at radius 2 is 1.78 bits per heavy atom. The quantitative estimate of drug-likeness (QED) is 0.434. The first-order valence-corrected chi connectivity index (χ1v) is 3.89. The smallest absolute Gasteiger partial charge is 0.305 e. The minimum Gasteiger partial charge on any atom is -0.305 e. The van der Waals surface area contributed by atoms with Crippen molar-refractivity contribution in [2.24, 2.45) is 0 Å². The van der Waals surface area contributed by atoms with E-state index in [0.29, 0.717) is 13.1 Å². The third-order valence-electron chi connectivity index (χ3n) is 1.29. The molecule has 1 saturated heterocycles. The van der Waals surface area contributed by atoms with Crippen LogP contribution in [0.4, 0.5) is 0 Å². The summed E-state index contributed by atoms with van der Waals surface area (Å²) >= 11 is 0. The van der Waals surface area contributed by atoms with Crippen molar-refractivity contribution in [2.45, 2.75) is 0 Å². The second-order valence-electron chi connectivity index (χ2n) is 1.90. The molecule has 0 atom stereocenters. The molecule has 0 unspecified atom stereocenters. The Kier molecular flexibility index (Phi) is 2.18. The maximum absolute atomic E-state index is 10.3. The Labute approximate surface area is 55.2 Å². The van der Waals surface area contributed by atoms with Crippen LogP contribution in [0.3, 0.4) is 0 Å². The molecular formula is C4H9N2O2S+. The fourth-order valence-electron chi connectivity index (χ4n) is 0.793. The van der Waals surface area contributed by atoms with Crippen LogP contribution in [0, 0.1) is 0 Å². The van der Waals surface area contributed by atoms with Gasteiger partial charge in [-0.2, -0.15) is 0 Å². The Balaban J connectivity index is 2.72. The summed E-state index contributed by atoms with van der Waals surface area (Å²) in [5.74, 6) is 0. The Morgan fingerprint density at radius 1 is 1.22 bits per heavy atom. The molecule has 0 saturated carbocycles. The highest BCUT2D eigenvalue weighted by atomic mass is 32.2. The SMILES string of the molecule is O=S(=O)=[N+]1CCNCC1. The van der Waals surface area contributed by atoms with Crippen LogP contribution in [0.2, 0.25) is 0 Å². The van der Waals surface area contributed by atoms with Crippen molar-refractivity contribution in [3.8, 4) is 0 Å². The molecule has 1 N–H and O–H groups in total. The van der Waals surface area contributed by atoms with Gasteiger partial charge in [-0.15, -0.1) is 12.4 Å². The van der Waals surface area contributed by atoms with E-state index in [2.05, 4.69) is 5.32 Å².